The van der Waals surface area contributed by atoms with Crippen LogP contribution in [0.3, 0.4) is 0 Å². The van der Waals surface area contributed by atoms with Crippen molar-refractivity contribution in [3.63, 3.8) is 0 Å². The van der Waals surface area contributed by atoms with Gasteiger partial charge in [-0.2, -0.15) is 4.31 Å². The van der Waals surface area contributed by atoms with Crippen molar-refractivity contribution in [2.24, 2.45) is 0 Å². The maximum Gasteiger partial charge on any atom is 0.239 e. The van der Waals surface area contributed by atoms with Crippen molar-refractivity contribution < 1.29 is 17.9 Å². The van der Waals surface area contributed by atoms with Gasteiger partial charge in [0.05, 0.1) is 26.0 Å². The normalized spacial score (nSPS) is 15.9. The number of carbonyl (C=O) groups excluding carboxylic acids is 1. The zero-order valence-corrected chi connectivity index (χ0v) is 13.6. The van der Waals surface area contributed by atoms with Gasteiger partial charge in [-0.05, 0) is 24.3 Å². The standard InChI is InChI=1S/C14H21N3O4S/c1-16(22(2,19)20)11-14(18)15-12-3-5-13(6-4-12)17-7-9-21-10-8-17/h3-6H,7-11H2,1-2H3,(H,15,18). The van der Waals surface area contributed by atoms with E-state index in [1.165, 1.54) is 7.05 Å². The number of likely N-dealkylation sites (N-methyl/N-ethyl adjacent to an activating group) is 1. The second-order valence-corrected chi connectivity index (χ2v) is 7.30. The number of sulfonamides is 1. The topological polar surface area (TPSA) is 79.0 Å². The lowest BCUT2D eigenvalue weighted by Crippen LogP contribution is -2.36. The lowest BCUT2D eigenvalue weighted by molar-refractivity contribution is -0.116. The Bertz CT molecular complexity index is 609. The second kappa shape index (κ2) is 7.08. The third-order valence-corrected chi connectivity index (χ3v) is 4.72. The van der Waals surface area contributed by atoms with E-state index in [1.54, 1.807) is 0 Å². The molecule has 0 unspecified atom stereocenters. The van der Waals surface area contributed by atoms with Crippen LogP contribution in [-0.2, 0) is 19.6 Å². The molecule has 1 N–H and O–H groups in total. The molecule has 0 aromatic heterocycles. The van der Waals surface area contributed by atoms with E-state index in [9.17, 15) is 13.2 Å². The van der Waals surface area contributed by atoms with Crippen molar-refractivity contribution in [2.75, 3.05) is 56.4 Å². The molecule has 2 rings (SSSR count). The maximum absolute atomic E-state index is 11.8. The summed E-state index contributed by atoms with van der Waals surface area (Å²) in [4.78, 5) is 14.0. The van der Waals surface area contributed by atoms with Crippen molar-refractivity contribution in [2.45, 2.75) is 0 Å². The van der Waals surface area contributed by atoms with Gasteiger partial charge >= 0.3 is 0 Å². The molecule has 1 heterocycles. The molecule has 0 atom stereocenters. The van der Waals surface area contributed by atoms with Crippen LogP contribution in [0, 0.1) is 0 Å². The minimum atomic E-state index is -3.36. The Morgan fingerprint density at radius 3 is 2.41 bits per heavy atom. The average molecular weight is 327 g/mol. The average Bonchev–Trinajstić information content (AvgIpc) is 2.48. The number of hydrogen-bond donors (Lipinski definition) is 1. The maximum atomic E-state index is 11.8. The summed E-state index contributed by atoms with van der Waals surface area (Å²) in [5, 5.41) is 2.69. The van der Waals surface area contributed by atoms with Crippen molar-refractivity contribution in [1.29, 1.82) is 0 Å². The summed E-state index contributed by atoms with van der Waals surface area (Å²) in [6, 6.07) is 7.48. The molecule has 1 fully saturated rings. The molecule has 22 heavy (non-hydrogen) atoms. The van der Waals surface area contributed by atoms with E-state index in [4.69, 9.17) is 4.74 Å². The van der Waals surface area contributed by atoms with Crippen molar-refractivity contribution in [1.82, 2.24) is 4.31 Å². The summed E-state index contributed by atoms with van der Waals surface area (Å²) in [6.07, 6.45) is 1.07. The highest BCUT2D eigenvalue weighted by Gasteiger charge is 2.15. The Labute approximate surface area is 130 Å². The molecule has 7 nitrogen and oxygen atoms in total. The molecule has 1 aliphatic heterocycles. The lowest BCUT2D eigenvalue weighted by Gasteiger charge is -2.28. The zero-order valence-electron chi connectivity index (χ0n) is 12.8. The van der Waals surface area contributed by atoms with E-state index in [1.807, 2.05) is 24.3 Å². The lowest BCUT2D eigenvalue weighted by atomic mass is 10.2. The van der Waals surface area contributed by atoms with E-state index < -0.39 is 10.0 Å². The van der Waals surface area contributed by atoms with Gasteiger partial charge in [-0.3, -0.25) is 4.79 Å². The number of ether oxygens (including phenoxy) is 1. The number of benzene rings is 1. The van der Waals surface area contributed by atoms with Gasteiger partial charge in [0.25, 0.3) is 0 Å². The molecule has 1 aliphatic rings. The van der Waals surface area contributed by atoms with Crippen LogP contribution in [0.25, 0.3) is 0 Å². The molecule has 0 aliphatic carbocycles. The van der Waals surface area contributed by atoms with Crippen molar-refractivity contribution in [3.05, 3.63) is 24.3 Å². The van der Waals surface area contributed by atoms with Crippen LogP contribution in [0.15, 0.2) is 24.3 Å². The molecule has 0 bridgehead atoms. The monoisotopic (exact) mass is 327 g/mol. The molecule has 1 amide bonds. The Morgan fingerprint density at radius 1 is 1.27 bits per heavy atom. The highest BCUT2D eigenvalue weighted by molar-refractivity contribution is 7.88. The smallest absolute Gasteiger partial charge is 0.239 e. The molecule has 8 heteroatoms. The molecule has 0 saturated carbocycles. The van der Waals surface area contributed by atoms with Crippen LogP contribution < -0.4 is 10.2 Å². The summed E-state index contributed by atoms with van der Waals surface area (Å²) in [7, 11) is -1.99. The summed E-state index contributed by atoms with van der Waals surface area (Å²) in [5.41, 5.74) is 1.72. The van der Waals surface area contributed by atoms with Gasteiger partial charge in [-0.15, -0.1) is 0 Å². The molecular formula is C14H21N3O4S. The first-order valence-corrected chi connectivity index (χ1v) is 8.85. The summed E-state index contributed by atoms with van der Waals surface area (Å²) in [6.45, 7) is 2.94. The third-order valence-electron chi connectivity index (χ3n) is 3.46. The van der Waals surface area contributed by atoms with Crippen LogP contribution in [0.1, 0.15) is 0 Å². The van der Waals surface area contributed by atoms with Crippen LogP contribution in [0.4, 0.5) is 11.4 Å². The summed E-state index contributed by atoms with van der Waals surface area (Å²) >= 11 is 0. The van der Waals surface area contributed by atoms with Gasteiger partial charge in [0.15, 0.2) is 0 Å². The Kier molecular flexibility index (Phi) is 5.38. The molecule has 1 aromatic rings. The van der Waals surface area contributed by atoms with Gasteiger partial charge in [-0.25, -0.2) is 8.42 Å². The molecular weight excluding hydrogens is 306 g/mol. The fourth-order valence-corrected chi connectivity index (χ4v) is 2.45. The number of nitrogens with one attached hydrogen (secondary N) is 1. The fourth-order valence-electron chi connectivity index (χ4n) is 2.10. The number of carbonyl (C=O) groups is 1. The first kappa shape index (κ1) is 16.7. The van der Waals surface area contributed by atoms with Crippen molar-refractivity contribution in [3.8, 4) is 0 Å². The third kappa shape index (κ3) is 4.69. The number of amides is 1. The molecule has 1 saturated heterocycles. The van der Waals surface area contributed by atoms with Crippen molar-refractivity contribution >= 4 is 27.3 Å². The summed E-state index contributed by atoms with van der Waals surface area (Å²) < 4.78 is 28.9. The molecule has 0 radical (unpaired) electrons. The summed E-state index contributed by atoms with van der Waals surface area (Å²) in [5.74, 6) is -0.368. The molecule has 1 aromatic carbocycles. The first-order chi connectivity index (χ1) is 10.4. The number of anilines is 2. The van der Waals surface area contributed by atoms with E-state index in [0.717, 1.165) is 42.6 Å². The minimum absolute atomic E-state index is 0.204. The van der Waals surface area contributed by atoms with Gasteiger partial charge in [0, 0.05) is 31.5 Å². The Balaban J connectivity index is 1.92. The highest BCUT2D eigenvalue weighted by Crippen LogP contribution is 2.19. The quantitative estimate of drug-likeness (QED) is 0.844. The SMILES string of the molecule is CN(CC(=O)Nc1ccc(N2CCOCC2)cc1)S(C)(=O)=O. The second-order valence-electron chi connectivity index (χ2n) is 5.21. The number of morpholine rings is 1. The number of rotatable bonds is 5. The molecule has 0 spiro atoms. The van der Waals surface area contributed by atoms with Gasteiger partial charge in [0.1, 0.15) is 0 Å². The van der Waals surface area contributed by atoms with E-state index in [0.29, 0.717) is 5.69 Å². The first-order valence-electron chi connectivity index (χ1n) is 7.00. The number of nitrogens with zero attached hydrogens (tertiary/aromatic N) is 2. The van der Waals surface area contributed by atoms with Crippen LogP contribution in [0.2, 0.25) is 0 Å². The molecule has 122 valence electrons. The highest BCUT2D eigenvalue weighted by atomic mass is 32.2. The van der Waals surface area contributed by atoms with Crippen LogP contribution in [-0.4, -0.2) is 64.8 Å². The van der Waals surface area contributed by atoms with Gasteiger partial charge in [0.2, 0.25) is 15.9 Å². The van der Waals surface area contributed by atoms with Crippen LogP contribution in [0.5, 0.6) is 0 Å². The van der Waals surface area contributed by atoms with Gasteiger partial charge in [-0.1, -0.05) is 0 Å². The Hall–Kier alpha value is -1.64. The van der Waals surface area contributed by atoms with Crippen LogP contribution >= 0.6 is 0 Å². The minimum Gasteiger partial charge on any atom is -0.378 e. The largest absolute Gasteiger partial charge is 0.378 e. The number of hydrogen-bond acceptors (Lipinski definition) is 5. The Morgan fingerprint density at radius 2 is 1.86 bits per heavy atom. The van der Waals surface area contributed by atoms with Gasteiger partial charge < -0.3 is 15.0 Å². The van der Waals surface area contributed by atoms with E-state index in [-0.39, 0.29) is 12.5 Å². The van der Waals surface area contributed by atoms with E-state index in [2.05, 4.69) is 10.2 Å². The fraction of sp³-hybridized carbons (Fsp3) is 0.500. The van der Waals surface area contributed by atoms with E-state index >= 15 is 0 Å². The predicted molar refractivity (Wildman–Crippen MR) is 85.6 cm³/mol. The predicted octanol–water partition coefficient (Wildman–Crippen LogP) is 0.353. The zero-order chi connectivity index (χ0) is 16.2.